The van der Waals surface area contributed by atoms with E-state index in [0.717, 1.165) is 30.4 Å². The Morgan fingerprint density at radius 3 is 2.47 bits per heavy atom. The fraction of sp³-hybridized carbons (Fsp3) is 0.414. The van der Waals surface area contributed by atoms with Crippen molar-refractivity contribution >= 4 is 17.8 Å². The van der Waals surface area contributed by atoms with E-state index in [1.54, 1.807) is 0 Å². The second kappa shape index (κ2) is 14.8. The van der Waals surface area contributed by atoms with Gasteiger partial charge in [0.2, 0.25) is 11.8 Å². The molecule has 1 heterocycles. The number of hydrogen-bond acceptors (Lipinski definition) is 5. The zero-order valence-electron chi connectivity index (χ0n) is 20.6. The Hall–Kier alpha value is -3.45. The van der Waals surface area contributed by atoms with Gasteiger partial charge in [0.05, 0.1) is 24.6 Å². The quantitative estimate of drug-likeness (QED) is 0.404. The van der Waals surface area contributed by atoms with Crippen molar-refractivity contribution in [3.05, 3.63) is 83.9 Å². The number of rotatable bonds is 7. The number of allylic oxidation sites excluding steroid dienone is 2. The van der Waals surface area contributed by atoms with Gasteiger partial charge in [-0.1, -0.05) is 72.8 Å². The molecule has 7 heteroatoms. The lowest BCUT2D eigenvalue weighted by Gasteiger charge is -2.23. The summed E-state index contributed by atoms with van der Waals surface area (Å²) in [6.07, 6.45) is 7.57. The normalized spacial score (nSPS) is 20.5. The maximum atomic E-state index is 13.3. The van der Waals surface area contributed by atoms with Crippen molar-refractivity contribution in [3.8, 4) is 0 Å². The second-order valence-corrected chi connectivity index (χ2v) is 9.15. The molecule has 0 aromatic heterocycles. The maximum Gasteiger partial charge on any atom is 0.305 e. The summed E-state index contributed by atoms with van der Waals surface area (Å²) in [6, 6.07) is 18.0. The number of aliphatic hydroxyl groups excluding tert-OH is 1. The van der Waals surface area contributed by atoms with Gasteiger partial charge in [0.1, 0.15) is 6.61 Å². The van der Waals surface area contributed by atoms with Crippen LogP contribution in [0.5, 0.6) is 0 Å². The van der Waals surface area contributed by atoms with Gasteiger partial charge in [0.25, 0.3) is 0 Å². The molecule has 0 unspecified atom stereocenters. The molecule has 0 saturated heterocycles. The van der Waals surface area contributed by atoms with Gasteiger partial charge in [-0.05, 0) is 43.2 Å². The molecule has 0 saturated carbocycles. The molecule has 0 bridgehead atoms. The third-order valence-electron chi connectivity index (χ3n) is 6.23. The molecule has 1 aliphatic heterocycles. The van der Waals surface area contributed by atoms with E-state index in [-0.39, 0.29) is 37.4 Å². The van der Waals surface area contributed by atoms with Gasteiger partial charge < -0.3 is 20.5 Å². The lowest BCUT2D eigenvalue weighted by atomic mass is 9.97. The standard InChI is InChI=1S/C29H36N2O5/c32-20-25(18-22-12-6-4-7-13-22)30-27(33)19-24-16-8-2-1-3-11-17-28(34)36-21-26(31-29(24)35)23-14-9-5-10-15-23/h2,4-10,12-15,24-26,32H,1,3,11,16-21H2,(H,30,33)(H,31,35)/t24-,25+,26+/m1/s1. The molecule has 36 heavy (non-hydrogen) atoms. The minimum atomic E-state index is -0.595. The molecule has 192 valence electrons. The van der Waals surface area contributed by atoms with Crippen LogP contribution in [-0.4, -0.2) is 42.1 Å². The summed E-state index contributed by atoms with van der Waals surface area (Å²) < 4.78 is 5.46. The van der Waals surface area contributed by atoms with Gasteiger partial charge in [-0.15, -0.1) is 0 Å². The first kappa shape index (κ1) is 27.1. The van der Waals surface area contributed by atoms with Crippen LogP contribution in [0.3, 0.4) is 0 Å². The Bertz CT molecular complexity index is 993. The van der Waals surface area contributed by atoms with Crippen LogP contribution in [0, 0.1) is 5.92 Å². The highest BCUT2D eigenvalue weighted by Gasteiger charge is 2.26. The van der Waals surface area contributed by atoms with Crippen molar-refractivity contribution in [1.29, 1.82) is 0 Å². The van der Waals surface area contributed by atoms with Crippen LogP contribution in [-0.2, 0) is 25.5 Å². The van der Waals surface area contributed by atoms with Crippen molar-refractivity contribution < 1.29 is 24.2 Å². The van der Waals surface area contributed by atoms with Gasteiger partial charge in [-0.2, -0.15) is 0 Å². The van der Waals surface area contributed by atoms with E-state index in [0.29, 0.717) is 19.3 Å². The molecule has 1 aliphatic rings. The van der Waals surface area contributed by atoms with E-state index in [1.807, 2.05) is 72.8 Å². The van der Waals surface area contributed by atoms with Gasteiger partial charge in [0.15, 0.2) is 0 Å². The van der Waals surface area contributed by atoms with Gasteiger partial charge >= 0.3 is 5.97 Å². The number of esters is 1. The van der Waals surface area contributed by atoms with Crippen molar-refractivity contribution in [3.63, 3.8) is 0 Å². The molecule has 7 nitrogen and oxygen atoms in total. The highest BCUT2D eigenvalue weighted by atomic mass is 16.5. The fourth-order valence-corrected chi connectivity index (χ4v) is 4.21. The summed E-state index contributed by atoms with van der Waals surface area (Å²) in [6.45, 7) is -0.161. The molecule has 0 spiro atoms. The number of benzene rings is 2. The lowest BCUT2D eigenvalue weighted by molar-refractivity contribution is -0.145. The largest absolute Gasteiger partial charge is 0.463 e. The highest BCUT2D eigenvalue weighted by molar-refractivity contribution is 5.86. The molecular formula is C29H36N2O5. The van der Waals surface area contributed by atoms with E-state index in [9.17, 15) is 19.5 Å². The summed E-state index contributed by atoms with van der Waals surface area (Å²) >= 11 is 0. The lowest BCUT2D eigenvalue weighted by Crippen LogP contribution is -2.42. The van der Waals surface area contributed by atoms with Crippen LogP contribution in [0.2, 0.25) is 0 Å². The van der Waals surface area contributed by atoms with E-state index in [4.69, 9.17) is 4.74 Å². The number of carbonyl (C=O) groups excluding carboxylic acids is 3. The number of nitrogens with one attached hydrogen (secondary N) is 2. The van der Waals surface area contributed by atoms with Crippen LogP contribution < -0.4 is 10.6 Å². The number of aliphatic hydroxyl groups is 1. The molecule has 3 atom stereocenters. The second-order valence-electron chi connectivity index (χ2n) is 9.15. The van der Waals surface area contributed by atoms with Gasteiger partial charge in [-0.3, -0.25) is 14.4 Å². The third kappa shape index (κ3) is 9.30. The van der Waals surface area contributed by atoms with Crippen molar-refractivity contribution in [2.45, 2.75) is 57.0 Å². The average molecular weight is 493 g/mol. The Morgan fingerprint density at radius 2 is 1.75 bits per heavy atom. The van der Waals surface area contributed by atoms with E-state index in [2.05, 4.69) is 10.6 Å². The first-order valence-electron chi connectivity index (χ1n) is 12.6. The molecule has 0 fully saturated rings. The molecule has 3 N–H and O–H groups in total. The van der Waals surface area contributed by atoms with Gasteiger partial charge in [-0.25, -0.2) is 0 Å². The van der Waals surface area contributed by atoms with E-state index >= 15 is 0 Å². The molecule has 0 aliphatic carbocycles. The third-order valence-corrected chi connectivity index (χ3v) is 6.23. The molecule has 3 rings (SSSR count). The number of amides is 2. The van der Waals surface area contributed by atoms with Gasteiger partial charge in [0, 0.05) is 12.8 Å². The zero-order valence-corrected chi connectivity index (χ0v) is 20.6. The Labute approximate surface area is 212 Å². The van der Waals surface area contributed by atoms with Crippen LogP contribution in [0.1, 0.15) is 55.7 Å². The minimum absolute atomic E-state index is 0.0112. The van der Waals surface area contributed by atoms with E-state index < -0.39 is 18.0 Å². The predicted molar refractivity (Wildman–Crippen MR) is 138 cm³/mol. The summed E-state index contributed by atoms with van der Waals surface area (Å²) in [5.74, 6) is -1.44. The maximum absolute atomic E-state index is 13.3. The number of carbonyl (C=O) groups is 3. The molecular weight excluding hydrogens is 456 g/mol. The predicted octanol–water partition coefficient (Wildman–Crippen LogP) is 3.63. The first-order valence-corrected chi connectivity index (χ1v) is 12.6. The number of cyclic esters (lactones) is 1. The van der Waals surface area contributed by atoms with Crippen LogP contribution in [0.4, 0.5) is 0 Å². The number of ether oxygens (including phenoxy) is 1. The molecule has 0 radical (unpaired) electrons. The van der Waals surface area contributed by atoms with Crippen LogP contribution >= 0.6 is 0 Å². The summed E-state index contributed by atoms with van der Waals surface area (Å²) in [4.78, 5) is 38.4. The van der Waals surface area contributed by atoms with Crippen LogP contribution in [0.25, 0.3) is 0 Å². The van der Waals surface area contributed by atoms with Crippen molar-refractivity contribution in [2.75, 3.05) is 13.2 Å². The van der Waals surface area contributed by atoms with E-state index in [1.165, 1.54) is 0 Å². The SMILES string of the molecule is O=C(C[C@H]1CC=CCCCCC(=O)OC[C@@H](c2ccccc2)NC1=O)N[C@H](CO)Cc1ccccc1. The molecule has 2 amide bonds. The number of hydrogen-bond donors (Lipinski definition) is 3. The Morgan fingerprint density at radius 1 is 1.03 bits per heavy atom. The monoisotopic (exact) mass is 492 g/mol. The highest BCUT2D eigenvalue weighted by Crippen LogP contribution is 2.19. The summed E-state index contributed by atoms with van der Waals surface area (Å²) in [5, 5.41) is 15.7. The molecule has 2 aromatic carbocycles. The van der Waals surface area contributed by atoms with Crippen molar-refractivity contribution in [1.82, 2.24) is 10.6 Å². The topological polar surface area (TPSA) is 105 Å². The Balaban J connectivity index is 1.70. The Kier molecular flexibility index (Phi) is 11.2. The fourth-order valence-electron chi connectivity index (χ4n) is 4.21. The van der Waals surface area contributed by atoms with Crippen LogP contribution in [0.15, 0.2) is 72.8 Å². The smallest absolute Gasteiger partial charge is 0.305 e. The minimum Gasteiger partial charge on any atom is -0.463 e. The average Bonchev–Trinajstić information content (AvgIpc) is 2.89. The summed E-state index contributed by atoms with van der Waals surface area (Å²) in [5.41, 5.74) is 1.84. The zero-order chi connectivity index (χ0) is 25.6. The molecule has 2 aromatic rings. The first-order chi connectivity index (χ1) is 17.5. The summed E-state index contributed by atoms with van der Waals surface area (Å²) in [7, 11) is 0. The van der Waals surface area contributed by atoms with Crippen molar-refractivity contribution in [2.24, 2.45) is 5.92 Å².